The highest BCUT2D eigenvalue weighted by Crippen LogP contribution is 2.54. The fourth-order valence-corrected chi connectivity index (χ4v) is 3.91. The van der Waals surface area contributed by atoms with Crippen molar-refractivity contribution in [2.75, 3.05) is 13.7 Å². The molecular weight excluding hydrogens is 304 g/mol. The second-order valence-corrected chi connectivity index (χ2v) is 7.60. The second kappa shape index (κ2) is 5.59. The number of esters is 1. The van der Waals surface area contributed by atoms with Crippen LogP contribution in [0.25, 0.3) is 0 Å². The summed E-state index contributed by atoms with van der Waals surface area (Å²) in [5.74, 6) is -0.216. The molecule has 1 saturated heterocycles. The fourth-order valence-electron chi connectivity index (χ4n) is 3.91. The maximum absolute atomic E-state index is 12.7. The Morgan fingerprint density at radius 3 is 2.42 bits per heavy atom. The van der Waals surface area contributed by atoms with Gasteiger partial charge in [-0.15, -0.1) is 0 Å². The highest BCUT2D eigenvalue weighted by Gasteiger charge is 2.50. The van der Waals surface area contributed by atoms with Crippen LogP contribution in [0.15, 0.2) is 24.3 Å². The molecule has 1 aromatic rings. The van der Waals surface area contributed by atoms with Crippen LogP contribution in [0, 0.1) is 5.41 Å². The molecule has 1 spiro atoms. The number of benzene rings is 1. The van der Waals surface area contributed by atoms with Crippen molar-refractivity contribution in [2.24, 2.45) is 5.41 Å². The zero-order valence-corrected chi connectivity index (χ0v) is 14.1. The summed E-state index contributed by atoms with van der Waals surface area (Å²) < 4.78 is 4.73. The first-order valence-electron chi connectivity index (χ1n) is 8.80. The lowest BCUT2D eigenvalue weighted by molar-refractivity contribution is -0.125. The van der Waals surface area contributed by atoms with Gasteiger partial charge in [0.2, 0.25) is 5.91 Å². The highest BCUT2D eigenvalue weighted by molar-refractivity contribution is 5.89. The van der Waals surface area contributed by atoms with E-state index in [9.17, 15) is 9.59 Å². The molecule has 0 radical (unpaired) electrons. The van der Waals surface area contributed by atoms with Gasteiger partial charge < -0.3 is 15.4 Å². The largest absolute Gasteiger partial charge is 0.465 e. The number of rotatable bonds is 4. The van der Waals surface area contributed by atoms with Crippen LogP contribution < -0.4 is 10.6 Å². The maximum Gasteiger partial charge on any atom is 0.337 e. The van der Waals surface area contributed by atoms with E-state index in [0.29, 0.717) is 11.0 Å². The van der Waals surface area contributed by atoms with Gasteiger partial charge in [-0.3, -0.25) is 4.79 Å². The molecule has 3 aliphatic rings. The Labute approximate surface area is 142 Å². The maximum atomic E-state index is 12.7. The average Bonchev–Trinajstić information content (AvgIpc) is 3.54. The molecular formula is C19H24N2O3. The van der Waals surface area contributed by atoms with Crippen molar-refractivity contribution < 1.29 is 14.3 Å². The molecule has 2 N–H and O–H groups in total. The SMILES string of the molecule is COC(=O)c1ccc(C2(NC(=O)C3CC4(CCN3)CC4)CC2)cc1. The molecule has 128 valence electrons. The predicted octanol–water partition coefficient (Wildman–Crippen LogP) is 2.11. The van der Waals surface area contributed by atoms with Gasteiger partial charge in [0.05, 0.1) is 24.3 Å². The van der Waals surface area contributed by atoms with Gasteiger partial charge in [0.1, 0.15) is 0 Å². The Hall–Kier alpha value is -1.88. The molecule has 1 amide bonds. The summed E-state index contributed by atoms with van der Waals surface area (Å²) in [4.78, 5) is 24.3. The van der Waals surface area contributed by atoms with Crippen molar-refractivity contribution in [3.8, 4) is 0 Å². The molecule has 4 rings (SSSR count). The number of methoxy groups -OCH3 is 1. The quantitative estimate of drug-likeness (QED) is 0.831. The van der Waals surface area contributed by atoms with Crippen LogP contribution in [-0.2, 0) is 15.1 Å². The highest BCUT2D eigenvalue weighted by atomic mass is 16.5. The number of amides is 1. The number of hydrogen-bond acceptors (Lipinski definition) is 4. The normalized spacial score (nSPS) is 25.8. The molecule has 1 aliphatic heterocycles. The van der Waals surface area contributed by atoms with Crippen molar-refractivity contribution in [1.82, 2.24) is 10.6 Å². The smallest absolute Gasteiger partial charge is 0.337 e. The number of carbonyl (C=O) groups excluding carboxylic acids is 2. The van der Waals surface area contributed by atoms with Gasteiger partial charge in [0.15, 0.2) is 0 Å². The Kier molecular flexibility index (Phi) is 3.64. The lowest BCUT2D eigenvalue weighted by atomic mass is 9.89. The fraction of sp³-hybridized carbons (Fsp3) is 0.579. The molecule has 3 fully saturated rings. The standard InChI is InChI=1S/C19H24N2O3/c1-24-17(23)13-2-4-14(5-3-13)19(8-9-19)21-16(22)15-12-18(6-7-18)10-11-20-15/h2-5,15,20H,6-12H2,1H3,(H,21,22). The zero-order valence-electron chi connectivity index (χ0n) is 14.1. The first-order valence-corrected chi connectivity index (χ1v) is 8.80. The van der Waals surface area contributed by atoms with Gasteiger partial charge in [0, 0.05) is 0 Å². The van der Waals surface area contributed by atoms with Crippen LogP contribution in [-0.4, -0.2) is 31.6 Å². The molecule has 1 unspecified atom stereocenters. The van der Waals surface area contributed by atoms with Crippen LogP contribution in [0.3, 0.4) is 0 Å². The van der Waals surface area contributed by atoms with E-state index in [1.807, 2.05) is 12.1 Å². The first kappa shape index (κ1) is 15.6. The van der Waals surface area contributed by atoms with E-state index in [1.54, 1.807) is 12.1 Å². The second-order valence-electron chi connectivity index (χ2n) is 7.60. The van der Waals surface area contributed by atoms with E-state index in [-0.39, 0.29) is 23.5 Å². The van der Waals surface area contributed by atoms with E-state index in [0.717, 1.165) is 31.4 Å². The van der Waals surface area contributed by atoms with Crippen molar-refractivity contribution in [1.29, 1.82) is 0 Å². The van der Waals surface area contributed by atoms with Gasteiger partial charge in [-0.1, -0.05) is 12.1 Å². The Morgan fingerprint density at radius 1 is 1.12 bits per heavy atom. The first-order chi connectivity index (χ1) is 11.6. The molecule has 0 aromatic heterocycles. The monoisotopic (exact) mass is 328 g/mol. The third kappa shape index (κ3) is 2.81. The van der Waals surface area contributed by atoms with Crippen molar-refractivity contribution >= 4 is 11.9 Å². The van der Waals surface area contributed by atoms with E-state index in [4.69, 9.17) is 4.74 Å². The van der Waals surface area contributed by atoms with Gasteiger partial charge in [-0.05, 0) is 68.2 Å². The minimum absolute atomic E-state index is 0.0620. The van der Waals surface area contributed by atoms with Crippen LogP contribution in [0.5, 0.6) is 0 Å². The molecule has 24 heavy (non-hydrogen) atoms. The molecule has 0 bridgehead atoms. The van der Waals surface area contributed by atoms with Crippen molar-refractivity contribution in [3.63, 3.8) is 0 Å². The van der Waals surface area contributed by atoms with Crippen molar-refractivity contribution in [3.05, 3.63) is 35.4 Å². The molecule has 1 aromatic carbocycles. The number of piperidine rings is 1. The molecule has 2 aliphatic carbocycles. The summed E-state index contributed by atoms with van der Waals surface area (Å²) in [6, 6.07) is 7.33. The van der Waals surface area contributed by atoms with Crippen molar-refractivity contribution in [2.45, 2.75) is 50.1 Å². The van der Waals surface area contributed by atoms with E-state index in [1.165, 1.54) is 26.4 Å². The molecule has 2 saturated carbocycles. The number of nitrogens with one attached hydrogen (secondary N) is 2. The summed E-state index contributed by atoms with van der Waals surface area (Å²) in [5, 5.41) is 6.64. The minimum atomic E-state index is -0.337. The third-order valence-electron chi connectivity index (χ3n) is 5.93. The summed E-state index contributed by atoms with van der Waals surface area (Å²) >= 11 is 0. The molecule has 5 heteroatoms. The number of hydrogen-bond donors (Lipinski definition) is 2. The zero-order chi connectivity index (χ0) is 16.8. The van der Waals surface area contributed by atoms with E-state index < -0.39 is 0 Å². The lowest BCUT2D eigenvalue weighted by Crippen LogP contribution is -2.51. The van der Waals surface area contributed by atoms with Crippen LogP contribution in [0.2, 0.25) is 0 Å². The van der Waals surface area contributed by atoms with E-state index >= 15 is 0 Å². The van der Waals surface area contributed by atoms with Crippen LogP contribution in [0.1, 0.15) is 54.4 Å². The molecule has 1 atom stereocenters. The average molecular weight is 328 g/mol. The Balaban J connectivity index is 1.43. The summed E-state index contributed by atoms with van der Waals surface area (Å²) in [5.41, 5.74) is 1.81. The lowest BCUT2D eigenvalue weighted by Gasteiger charge is -2.31. The van der Waals surface area contributed by atoms with Gasteiger partial charge in [0.25, 0.3) is 0 Å². The molecule has 1 heterocycles. The van der Waals surface area contributed by atoms with Gasteiger partial charge in [-0.2, -0.15) is 0 Å². The van der Waals surface area contributed by atoms with Gasteiger partial charge >= 0.3 is 5.97 Å². The summed E-state index contributed by atoms with van der Waals surface area (Å²) in [7, 11) is 1.38. The molecule has 5 nitrogen and oxygen atoms in total. The van der Waals surface area contributed by atoms with Gasteiger partial charge in [-0.25, -0.2) is 4.79 Å². The topological polar surface area (TPSA) is 67.4 Å². The number of ether oxygens (including phenoxy) is 1. The van der Waals surface area contributed by atoms with Crippen LogP contribution >= 0.6 is 0 Å². The summed E-state index contributed by atoms with van der Waals surface area (Å²) in [6.45, 7) is 0.943. The summed E-state index contributed by atoms with van der Waals surface area (Å²) in [6.07, 6.45) is 6.63. The van der Waals surface area contributed by atoms with Crippen LogP contribution in [0.4, 0.5) is 0 Å². The van der Waals surface area contributed by atoms with E-state index in [2.05, 4.69) is 10.6 Å². The predicted molar refractivity (Wildman–Crippen MR) is 89.5 cm³/mol. The third-order valence-corrected chi connectivity index (χ3v) is 5.93. The number of carbonyl (C=O) groups is 2. The minimum Gasteiger partial charge on any atom is -0.465 e. The Bertz CT molecular complexity index is 660. The Morgan fingerprint density at radius 2 is 1.83 bits per heavy atom.